The standard InChI is InChI=1S/C28H27N3/c1-3-28(29,4-2)26-20-22(23-12-11-19-30-21-23)17-18-27(26)31(24-13-7-5-8-14-24)25-15-9-6-10-16-25/h3,5-21H,1,4,29H2,2H3. The van der Waals surface area contributed by atoms with Gasteiger partial charge in [-0.25, -0.2) is 0 Å². The number of para-hydroxylation sites is 2. The van der Waals surface area contributed by atoms with Crippen LogP contribution in [0.3, 0.4) is 0 Å². The van der Waals surface area contributed by atoms with E-state index in [9.17, 15) is 0 Å². The smallest absolute Gasteiger partial charge is 0.0611 e. The zero-order chi connectivity index (χ0) is 21.7. The van der Waals surface area contributed by atoms with Gasteiger partial charge >= 0.3 is 0 Å². The zero-order valence-corrected chi connectivity index (χ0v) is 17.8. The van der Waals surface area contributed by atoms with Crippen LogP contribution in [-0.2, 0) is 5.54 Å². The fourth-order valence-electron chi connectivity index (χ4n) is 3.84. The van der Waals surface area contributed by atoms with E-state index in [0.717, 1.165) is 40.2 Å². The molecule has 4 aromatic rings. The second kappa shape index (κ2) is 8.99. The van der Waals surface area contributed by atoms with Crippen molar-refractivity contribution in [3.05, 3.63) is 122 Å². The maximum Gasteiger partial charge on any atom is 0.0611 e. The Morgan fingerprint density at radius 2 is 1.52 bits per heavy atom. The Bertz CT molecular complexity index is 1100. The number of nitrogens with zero attached hydrogens (tertiary/aromatic N) is 2. The van der Waals surface area contributed by atoms with Crippen molar-refractivity contribution in [2.75, 3.05) is 4.90 Å². The highest BCUT2D eigenvalue weighted by atomic mass is 15.1. The quantitative estimate of drug-likeness (QED) is 0.338. The SMILES string of the molecule is C=CC(N)(CC)c1cc(-c2cccnc2)ccc1N(c1ccccc1)c1ccccc1. The molecule has 0 saturated heterocycles. The largest absolute Gasteiger partial charge is 0.318 e. The van der Waals surface area contributed by atoms with Crippen LogP contribution in [0, 0.1) is 0 Å². The molecule has 3 aromatic carbocycles. The van der Waals surface area contributed by atoms with Crippen LogP contribution < -0.4 is 10.6 Å². The van der Waals surface area contributed by atoms with Crippen LogP contribution >= 0.6 is 0 Å². The van der Waals surface area contributed by atoms with Crippen molar-refractivity contribution in [2.24, 2.45) is 5.73 Å². The number of aromatic nitrogens is 1. The fourth-order valence-corrected chi connectivity index (χ4v) is 3.84. The molecule has 0 spiro atoms. The molecule has 0 aliphatic rings. The van der Waals surface area contributed by atoms with Gasteiger partial charge in [-0.1, -0.05) is 61.5 Å². The van der Waals surface area contributed by atoms with E-state index in [2.05, 4.69) is 96.2 Å². The highest BCUT2D eigenvalue weighted by molar-refractivity contribution is 5.81. The summed E-state index contributed by atoms with van der Waals surface area (Å²) in [6.07, 6.45) is 6.25. The molecule has 0 radical (unpaired) electrons. The lowest BCUT2D eigenvalue weighted by Gasteiger charge is -2.34. The van der Waals surface area contributed by atoms with Gasteiger partial charge in [-0.3, -0.25) is 4.98 Å². The van der Waals surface area contributed by atoms with Gasteiger partial charge in [0.1, 0.15) is 0 Å². The predicted octanol–water partition coefficient (Wildman–Crippen LogP) is 6.97. The van der Waals surface area contributed by atoms with Gasteiger partial charge in [-0.05, 0) is 60.0 Å². The monoisotopic (exact) mass is 405 g/mol. The van der Waals surface area contributed by atoms with E-state index in [1.54, 1.807) is 6.20 Å². The topological polar surface area (TPSA) is 42.1 Å². The molecule has 0 fully saturated rings. The average Bonchev–Trinajstić information content (AvgIpc) is 2.86. The van der Waals surface area contributed by atoms with Crippen LogP contribution in [0.4, 0.5) is 17.1 Å². The molecule has 1 heterocycles. The van der Waals surface area contributed by atoms with Crippen LogP contribution in [0.25, 0.3) is 11.1 Å². The first kappa shape index (κ1) is 20.6. The van der Waals surface area contributed by atoms with Gasteiger partial charge in [0.25, 0.3) is 0 Å². The van der Waals surface area contributed by atoms with Crippen molar-refractivity contribution in [1.82, 2.24) is 4.98 Å². The first-order chi connectivity index (χ1) is 15.2. The van der Waals surface area contributed by atoms with Crippen molar-refractivity contribution in [3.8, 4) is 11.1 Å². The van der Waals surface area contributed by atoms with E-state index in [1.807, 2.05) is 30.5 Å². The number of rotatable bonds is 7. The summed E-state index contributed by atoms with van der Waals surface area (Å²) in [5.74, 6) is 0. The number of benzene rings is 3. The molecule has 154 valence electrons. The van der Waals surface area contributed by atoms with E-state index < -0.39 is 5.54 Å². The van der Waals surface area contributed by atoms with E-state index in [4.69, 9.17) is 5.73 Å². The molecule has 31 heavy (non-hydrogen) atoms. The summed E-state index contributed by atoms with van der Waals surface area (Å²) in [6, 6.07) is 31.2. The Labute approximate surface area is 184 Å². The van der Waals surface area contributed by atoms with E-state index >= 15 is 0 Å². The minimum Gasteiger partial charge on any atom is -0.318 e. The third kappa shape index (κ3) is 4.14. The minimum absolute atomic E-state index is 0.671. The van der Waals surface area contributed by atoms with Crippen LogP contribution in [0.2, 0.25) is 0 Å². The zero-order valence-electron chi connectivity index (χ0n) is 17.8. The van der Waals surface area contributed by atoms with Gasteiger partial charge in [0, 0.05) is 29.3 Å². The molecule has 1 unspecified atom stereocenters. The second-order valence-electron chi connectivity index (χ2n) is 7.58. The first-order valence-electron chi connectivity index (χ1n) is 10.5. The van der Waals surface area contributed by atoms with Crippen LogP contribution in [0.1, 0.15) is 18.9 Å². The third-order valence-corrected chi connectivity index (χ3v) is 5.71. The van der Waals surface area contributed by atoms with Gasteiger partial charge in [0.2, 0.25) is 0 Å². The van der Waals surface area contributed by atoms with Gasteiger partial charge in [-0.2, -0.15) is 0 Å². The van der Waals surface area contributed by atoms with Crippen LogP contribution in [0.5, 0.6) is 0 Å². The summed E-state index contributed by atoms with van der Waals surface area (Å²) in [5, 5.41) is 0. The van der Waals surface area contributed by atoms with E-state index in [1.165, 1.54) is 0 Å². The Morgan fingerprint density at radius 3 is 2.03 bits per heavy atom. The van der Waals surface area contributed by atoms with Gasteiger partial charge < -0.3 is 10.6 Å². The average molecular weight is 406 g/mol. The number of pyridine rings is 1. The van der Waals surface area contributed by atoms with E-state index in [0.29, 0.717) is 0 Å². The molecule has 3 nitrogen and oxygen atoms in total. The van der Waals surface area contributed by atoms with Crippen molar-refractivity contribution < 1.29 is 0 Å². The summed E-state index contributed by atoms with van der Waals surface area (Å²) in [7, 11) is 0. The second-order valence-corrected chi connectivity index (χ2v) is 7.58. The summed E-state index contributed by atoms with van der Waals surface area (Å²) in [4.78, 5) is 6.54. The Morgan fingerprint density at radius 1 is 0.871 bits per heavy atom. The van der Waals surface area contributed by atoms with Gasteiger partial charge in [0.15, 0.2) is 0 Å². The summed E-state index contributed by atoms with van der Waals surface area (Å²) < 4.78 is 0. The molecule has 0 aliphatic carbocycles. The molecular weight excluding hydrogens is 378 g/mol. The molecule has 4 rings (SSSR count). The van der Waals surface area contributed by atoms with Crippen molar-refractivity contribution >= 4 is 17.1 Å². The maximum atomic E-state index is 6.90. The van der Waals surface area contributed by atoms with Crippen LogP contribution in [-0.4, -0.2) is 4.98 Å². The van der Waals surface area contributed by atoms with Gasteiger partial charge in [0.05, 0.1) is 11.2 Å². The lowest BCUT2D eigenvalue weighted by molar-refractivity contribution is 0.543. The molecule has 0 amide bonds. The number of nitrogens with two attached hydrogens (primary N) is 1. The molecule has 0 aliphatic heterocycles. The lowest BCUT2D eigenvalue weighted by Crippen LogP contribution is -2.35. The molecule has 0 bridgehead atoms. The Kier molecular flexibility index (Phi) is 5.96. The Hall–Kier alpha value is -3.69. The summed E-state index contributed by atoms with van der Waals surface area (Å²) >= 11 is 0. The fraction of sp³-hybridized carbons (Fsp3) is 0.107. The lowest BCUT2D eigenvalue weighted by atomic mass is 9.85. The third-order valence-electron chi connectivity index (χ3n) is 5.71. The number of hydrogen-bond donors (Lipinski definition) is 1. The molecule has 1 aromatic heterocycles. The highest BCUT2D eigenvalue weighted by Crippen LogP contribution is 2.42. The van der Waals surface area contributed by atoms with Crippen molar-refractivity contribution in [1.29, 1.82) is 0 Å². The highest BCUT2D eigenvalue weighted by Gasteiger charge is 2.28. The van der Waals surface area contributed by atoms with Gasteiger partial charge in [-0.15, -0.1) is 6.58 Å². The van der Waals surface area contributed by atoms with Crippen molar-refractivity contribution in [3.63, 3.8) is 0 Å². The first-order valence-corrected chi connectivity index (χ1v) is 10.5. The Balaban J connectivity index is 1.98. The summed E-state index contributed by atoms with van der Waals surface area (Å²) in [6.45, 7) is 6.17. The predicted molar refractivity (Wildman–Crippen MR) is 131 cm³/mol. The van der Waals surface area contributed by atoms with Crippen molar-refractivity contribution in [2.45, 2.75) is 18.9 Å². The molecule has 2 N–H and O–H groups in total. The van der Waals surface area contributed by atoms with E-state index in [-0.39, 0.29) is 0 Å². The molecule has 1 atom stereocenters. The number of hydrogen-bond acceptors (Lipinski definition) is 3. The molecule has 0 saturated carbocycles. The normalized spacial score (nSPS) is 12.7. The number of anilines is 3. The minimum atomic E-state index is -0.671. The van der Waals surface area contributed by atoms with Crippen LogP contribution in [0.15, 0.2) is 116 Å². The molecular formula is C28H27N3. The maximum absolute atomic E-state index is 6.90. The molecule has 3 heteroatoms. The summed E-state index contributed by atoms with van der Waals surface area (Å²) in [5.41, 5.74) is 12.6.